The summed E-state index contributed by atoms with van der Waals surface area (Å²) in [4.78, 5) is 12.7. The monoisotopic (exact) mass is 408 g/mol. The average Bonchev–Trinajstić information content (AvgIpc) is 3.17. The second-order valence-corrected chi connectivity index (χ2v) is 7.19. The van der Waals surface area contributed by atoms with Crippen LogP contribution in [-0.2, 0) is 7.05 Å². The Morgan fingerprint density at radius 1 is 1.17 bits per heavy atom. The van der Waals surface area contributed by atoms with E-state index in [1.54, 1.807) is 42.3 Å². The Labute approximate surface area is 177 Å². The number of carbonyl (C=O) groups excluding carboxylic acids is 1. The van der Waals surface area contributed by atoms with E-state index in [0.29, 0.717) is 29.6 Å². The van der Waals surface area contributed by atoms with Crippen LogP contribution in [0.25, 0.3) is 11.3 Å². The molecular formula is C23H28N4O3. The van der Waals surface area contributed by atoms with E-state index in [1.807, 2.05) is 31.3 Å². The molecule has 1 aromatic heterocycles. The summed E-state index contributed by atoms with van der Waals surface area (Å²) >= 11 is 0. The number of nitrogens with one attached hydrogen (secondary N) is 2. The summed E-state index contributed by atoms with van der Waals surface area (Å²) in [5.41, 5.74) is 2.96. The Kier molecular flexibility index (Phi) is 7.08. The normalized spacial score (nSPS) is 10.8. The van der Waals surface area contributed by atoms with Gasteiger partial charge in [0.2, 0.25) is 0 Å². The van der Waals surface area contributed by atoms with Gasteiger partial charge < -0.3 is 20.1 Å². The third-order valence-electron chi connectivity index (χ3n) is 4.58. The lowest BCUT2D eigenvalue weighted by molar-refractivity contribution is 0.102. The van der Waals surface area contributed by atoms with Gasteiger partial charge in [-0.15, -0.1) is 0 Å². The zero-order chi connectivity index (χ0) is 21.5. The highest BCUT2D eigenvalue weighted by Crippen LogP contribution is 2.32. The molecule has 30 heavy (non-hydrogen) atoms. The molecule has 158 valence electrons. The highest BCUT2D eigenvalue weighted by molar-refractivity contribution is 6.04. The van der Waals surface area contributed by atoms with Crippen LogP contribution in [0, 0.1) is 0 Å². The number of methoxy groups -OCH3 is 1. The molecule has 2 aromatic carbocycles. The predicted octanol–water partition coefficient (Wildman–Crippen LogP) is 3.72. The zero-order valence-electron chi connectivity index (χ0n) is 17.8. The van der Waals surface area contributed by atoms with E-state index in [9.17, 15) is 4.79 Å². The molecule has 0 atom stereocenters. The second kappa shape index (κ2) is 9.93. The molecular weight excluding hydrogens is 380 g/mol. The summed E-state index contributed by atoms with van der Waals surface area (Å²) in [6.07, 6.45) is 1.74. The molecule has 0 fully saturated rings. The number of hydrogen-bond donors (Lipinski definition) is 2. The van der Waals surface area contributed by atoms with Crippen molar-refractivity contribution in [3.05, 3.63) is 60.3 Å². The molecule has 0 unspecified atom stereocenters. The standard InChI is InChI=1S/C23H28N4O3/c1-16(2)24-12-13-30-22-9-8-18(15-20(22)21-10-11-25-27(21)3)26-23(28)17-6-5-7-19(14-17)29-4/h5-11,14-16,24H,12-13H2,1-4H3,(H,26,28). The van der Waals surface area contributed by atoms with Crippen molar-refractivity contribution < 1.29 is 14.3 Å². The second-order valence-electron chi connectivity index (χ2n) is 7.19. The first kappa shape index (κ1) is 21.4. The van der Waals surface area contributed by atoms with Crippen molar-refractivity contribution >= 4 is 11.6 Å². The molecule has 0 radical (unpaired) electrons. The highest BCUT2D eigenvalue weighted by Gasteiger charge is 2.14. The molecule has 0 bridgehead atoms. The Balaban J connectivity index is 1.82. The number of hydrogen-bond acceptors (Lipinski definition) is 5. The van der Waals surface area contributed by atoms with E-state index in [-0.39, 0.29) is 5.91 Å². The SMILES string of the molecule is COc1cccc(C(=O)Nc2ccc(OCCNC(C)C)c(-c3ccnn3C)c2)c1. The van der Waals surface area contributed by atoms with Crippen molar-refractivity contribution in [2.24, 2.45) is 7.05 Å². The minimum atomic E-state index is -0.209. The van der Waals surface area contributed by atoms with Crippen LogP contribution in [0.1, 0.15) is 24.2 Å². The fourth-order valence-electron chi connectivity index (χ4n) is 3.05. The van der Waals surface area contributed by atoms with Crippen molar-refractivity contribution in [2.75, 3.05) is 25.6 Å². The van der Waals surface area contributed by atoms with Gasteiger partial charge in [0.05, 0.1) is 12.8 Å². The lowest BCUT2D eigenvalue weighted by Crippen LogP contribution is -2.27. The number of anilines is 1. The number of carbonyl (C=O) groups is 1. The predicted molar refractivity (Wildman–Crippen MR) is 118 cm³/mol. The quantitative estimate of drug-likeness (QED) is 0.528. The number of nitrogens with zero attached hydrogens (tertiary/aromatic N) is 2. The van der Waals surface area contributed by atoms with Crippen LogP contribution in [0.5, 0.6) is 11.5 Å². The third-order valence-corrected chi connectivity index (χ3v) is 4.58. The van der Waals surface area contributed by atoms with Gasteiger partial charge in [-0.1, -0.05) is 19.9 Å². The zero-order valence-corrected chi connectivity index (χ0v) is 17.8. The minimum absolute atomic E-state index is 0.209. The molecule has 7 heteroatoms. The van der Waals surface area contributed by atoms with Crippen molar-refractivity contribution in [1.82, 2.24) is 15.1 Å². The van der Waals surface area contributed by atoms with Crippen LogP contribution < -0.4 is 20.1 Å². The Bertz CT molecular complexity index is 998. The fourth-order valence-corrected chi connectivity index (χ4v) is 3.05. The molecule has 0 saturated carbocycles. The molecule has 1 amide bonds. The lowest BCUT2D eigenvalue weighted by Gasteiger charge is -2.15. The van der Waals surface area contributed by atoms with E-state index >= 15 is 0 Å². The lowest BCUT2D eigenvalue weighted by atomic mass is 10.1. The Hall–Kier alpha value is -3.32. The maximum atomic E-state index is 12.7. The number of benzene rings is 2. The smallest absolute Gasteiger partial charge is 0.255 e. The van der Waals surface area contributed by atoms with Gasteiger partial charge in [0.25, 0.3) is 5.91 Å². The van der Waals surface area contributed by atoms with Gasteiger partial charge in [0, 0.05) is 42.6 Å². The van der Waals surface area contributed by atoms with E-state index < -0.39 is 0 Å². The van der Waals surface area contributed by atoms with Gasteiger partial charge in [-0.2, -0.15) is 5.10 Å². The third kappa shape index (κ3) is 5.39. The van der Waals surface area contributed by atoms with Gasteiger partial charge in [0.15, 0.2) is 0 Å². The Morgan fingerprint density at radius 3 is 2.70 bits per heavy atom. The van der Waals surface area contributed by atoms with Crippen LogP contribution >= 0.6 is 0 Å². The maximum Gasteiger partial charge on any atom is 0.255 e. The van der Waals surface area contributed by atoms with Crippen LogP contribution in [0.4, 0.5) is 5.69 Å². The number of ether oxygens (including phenoxy) is 2. The van der Waals surface area contributed by atoms with Crippen molar-refractivity contribution in [3.63, 3.8) is 0 Å². The summed E-state index contributed by atoms with van der Waals surface area (Å²) in [6.45, 7) is 5.48. The topological polar surface area (TPSA) is 77.4 Å². The molecule has 3 aromatic rings. The largest absolute Gasteiger partial charge is 0.497 e. The number of rotatable bonds is 9. The molecule has 0 saturated heterocycles. The molecule has 0 aliphatic rings. The van der Waals surface area contributed by atoms with Gasteiger partial charge >= 0.3 is 0 Å². The number of aryl methyl sites for hydroxylation is 1. The van der Waals surface area contributed by atoms with Gasteiger partial charge in [-0.05, 0) is 42.5 Å². The van der Waals surface area contributed by atoms with Gasteiger partial charge in [-0.3, -0.25) is 9.48 Å². The molecule has 0 aliphatic carbocycles. The number of aromatic nitrogens is 2. The molecule has 3 rings (SSSR count). The first-order valence-electron chi connectivity index (χ1n) is 9.92. The first-order valence-corrected chi connectivity index (χ1v) is 9.92. The number of amides is 1. The van der Waals surface area contributed by atoms with E-state index in [4.69, 9.17) is 9.47 Å². The summed E-state index contributed by atoms with van der Waals surface area (Å²) in [5.74, 6) is 1.17. The van der Waals surface area contributed by atoms with E-state index in [0.717, 1.165) is 23.6 Å². The van der Waals surface area contributed by atoms with Gasteiger partial charge in [0.1, 0.15) is 18.1 Å². The summed E-state index contributed by atoms with van der Waals surface area (Å²) in [7, 11) is 3.45. The fraction of sp³-hybridized carbons (Fsp3) is 0.304. The van der Waals surface area contributed by atoms with E-state index in [1.165, 1.54) is 0 Å². The van der Waals surface area contributed by atoms with Crippen LogP contribution in [0.15, 0.2) is 54.7 Å². The van der Waals surface area contributed by atoms with Crippen LogP contribution in [0.3, 0.4) is 0 Å². The van der Waals surface area contributed by atoms with E-state index in [2.05, 4.69) is 29.6 Å². The highest BCUT2D eigenvalue weighted by atomic mass is 16.5. The molecule has 0 spiro atoms. The minimum Gasteiger partial charge on any atom is -0.497 e. The Morgan fingerprint density at radius 2 is 2.00 bits per heavy atom. The van der Waals surface area contributed by atoms with Crippen LogP contribution in [-0.4, -0.2) is 42.0 Å². The average molecular weight is 409 g/mol. The molecule has 2 N–H and O–H groups in total. The van der Waals surface area contributed by atoms with Crippen molar-refractivity contribution in [3.8, 4) is 22.8 Å². The molecule has 0 aliphatic heterocycles. The molecule has 7 nitrogen and oxygen atoms in total. The maximum absolute atomic E-state index is 12.7. The van der Waals surface area contributed by atoms with Crippen molar-refractivity contribution in [1.29, 1.82) is 0 Å². The summed E-state index contributed by atoms with van der Waals surface area (Å²) in [6, 6.07) is 15.0. The van der Waals surface area contributed by atoms with Crippen LogP contribution in [0.2, 0.25) is 0 Å². The molecule has 1 heterocycles. The van der Waals surface area contributed by atoms with Gasteiger partial charge in [-0.25, -0.2) is 0 Å². The van der Waals surface area contributed by atoms with Crippen molar-refractivity contribution in [2.45, 2.75) is 19.9 Å². The first-order chi connectivity index (χ1) is 14.5. The summed E-state index contributed by atoms with van der Waals surface area (Å²) in [5, 5.41) is 10.5. The summed E-state index contributed by atoms with van der Waals surface area (Å²) < 4.78 is 13.0.